The number of carboxylic acids is 1. The maximum absolute atomic E-state index is 13.6. The summed E-state index contributed by atoms with van der Waals surface area (Å²) in [5.41, 5.74) is 17.9. The maximum Gasteiger partial charge on any atom is 0.328 e. The van der Waals surface area contributed by atoms with Crippen LogP contribution in [-0.4, -0.2) is 81.8 Å². The third-order valence-electron chi connectivity index (χ3n) is 6.28. The first kappa shape index (κ1) is 33.5. The van der Waals surface area contributed by atoms with Gasteiger partial charge in [-0.1, -0.05) is 42.5 Å². The topological polar surface area (TPSA) is 255 Å². The highest BCUT2D eigenvalue weighted by Gasteiger charge is 2.32. The predicted molar refractivity (Wildman–Crippen MR) is 155 cm³/mol. The molecular weight excluding hydrogens is 546 g/mol. The minimum Gasteiger partial charge on any atom is -0.508 e. The number of benzene rings is 2. The molecule has 0 aliphatic carbocycles. The van der Waals surface area contributed by atoms with E-state index in [2.05, 4.69) is 20.9 Å². The van der Waals surface area contributed by atoms with Gasteiger partial charge in [-0.25, -0.2) is 4.79 Å². The van der Waals surface area contributed by atoms with E-state index in [-0.39, 0.29) is 37.5 Å². The van der Waals surface area contributed by atoms with E-state index in [0.29, 0.717) is 12.0 Å². The smallest absolute Gasteiger partial charge is 0.328 e. The van der Waals surface area contributed by atoms with E-state index in [1.54, 1.807) is 30.3 Å². The molecule has 2 aromatic rings. The third kappa shape index (κ3) is 11.4. The van der Waals surface area contributed by atoms with Gasteiger partial charge in [0.25, 0.3) is 0 Å². The first-order valence-corrected chi connectivity index (χ1v) is 13.3. The van der Waals surface area contributed by atoms with Crippen LogP contribution in [0.1, 0.15) is 30.9 Å². The predicted octanol–water partition coefficient (Wildman–Crippen LogP) is -1.52. The maximum atomic E-state index is 13.6. The summed E-state index contributed by atoms with van der Waals surface area (Å²) in [5.74, 6) is -3.74. The summed E-state index contributed by atoms with van der Waals surface area (Å²) < 4.78 is 0. The number of nitrogens with one attached hydrogen (secondary N) is 3. The summed E-state index contributed by atoms with van der Waals surface area (Å²) in [5, 5.41) is 36.4. The summed E-state index contributed by atoms with van der Waals surface area (Å²) in [6.07, 6.45) is -0.775. The van der Waals surface area contributed by atoms with Crippen LogP contribution in [0.2, 0.25) is 0 Å². The van der Waals surface area contributed by atoms with Crippen molar-refractivity contribution in [3.63, 3.8) is 0 Å². The molecule has 2 aromatic carbocycles. The Kier molecular flexibility index (Phi) is 13.2. The summed E-state index contributed by atoms with van der Waals surface area (Å²) in [7, 11) is 0. The van der Waals surface area contributed by atoms with E-state index in [1.807, 2.05) is 0 Å². The highest BCUT2D eigenvalue weighted by molar-refractivity contribution is 5.94. The molecule has 14 heteroatoms. The number of aliphatic hydroxyl groups is 1. The first-order chi connectivity index (χ1) is 19.9. The van der Waals surface area contributed by atoms with Crippen LogP contribution in [0.15, 0.2) is 59.6 Å². The Morgan fingerprint density at radius 1 is 0.833 bits per heavy atom. The van der Waals surface area contributed by atoms with Gasteiger partial charge in [0, 0.05) is 19.4 Å². The van der Waals surface area contributed by atoms with E-state index < -0.39 is 54.0 Å². The minimum atomic E-state index is -1.63. The van der Waals surface area contributed by atoms with Crippen molar-refractivity contribution in [3.8, 4) is 5.75 Å². The lowest BCUT2D eigenvalue weighted by atomic mass is 10.0. The van der Waals surface area contributed by atoms with E-state index in [0.717, 1.165) is 5.56 Å². The van der Waals surface area contributed by atoms with Crippen LogP contribution in [0.3, 0.4) is 0 Å². The quantitative estimate of drug-likeness (QED) is 0.0624. The Labute approximate surface area is 243 Å². The van der Waals surface area contributed by atoms with Crippen LogP contribution in [0.25, 0.3) is 0 Å². The molecule has 14 nitrogen and oxygen atoms in total. The number of carboxylic acid groups (broad SMARTS) is 1. The van der Waals surface area contributed by atoms with Gasteiger partial charge in [0.05, 0.1) is 12.1 Å². The van der Waals surface area contributed by atoms with Crippen LogP contribution >= 0.6 is 0 Å². The number of phenols is 1. The van der Waals surface area contributed by atoms with Crippen LogP contribution in [0.4, 0.5) is 0 Å². The zero-order valence-corrected chi connectivity index (χ0v) is 23.3. The number of carbonyl (C=O) groups excluding carboxylic acids is 3. The summed E-state index contributed by atoms with van der Waals surface area (Å²) in [6.45, 7) is 1.48. The SMILES string of the molecule is CC(O)C(NC(=O)C(Cc1ccc(O)cc1)NC(=O)C(Cc1ccccc1)NC(=O)C(N)CCCN=C(N)N)C(=O)O. The molecule has 2 rings (SSSR count). The molecule has 3 amide bonds. The van der Waals surface area contributed by atoms with Crippen molar-refractivity contribution in [2.24, 2.45) is 22.2 Å². The second-order valence-electron chi connectivity index (χ2n) is 9.80. The number of rotatable bonds is 16. The van der Waals surface area contributed by atoms with Gasteiger partial charge in [-0.15, -0.1) is 0 Å². The fourth-order valence-electron chi connectivity index (χ4n) is 3.98. The summed E-state index contributed by atoms with van der Waals surface area (Å²) in [6, 6.07) is 9.69. The largest absolute Gasteiger partial charge is 0.508 e. The first-order valence-electron chi connectivity index (χ1n) is 13.3. The molecule has 0 spiro atoms. The van der Waals surface area contributed by atoms with E-state index in [4.69, 9.17) is 17.2 Å². The molecule has 0 radical (unpaired) electrons. The number of nitrogens with zero attached hydrogens (tertiary/aromatic N) is 1. The van der Waals surface area contributed by atoms with Crippen molar-refractivity contribution in [3.05, 3.63) is 65.7 Å². The Bertz CT molecular complexity index is 1220. The molecule has 0 saturated heterocycles. The number of aromatic hydroxyl groups is 1. The van der Waals surface area contributed by atoms with Crippen molar-refractivity contribution in [1.29, 1.82) is 0 Å². The normalized spacial score (nSPS) is 14.4. The van der Waals surface area contributed by atoms with Crippen molar-refractivity contribution < 1.29 is 34.5 Å². The van der Waals surface area contributed by atoms with Crippen molar-refractivity contribution >= 4 is 29.7 Å². The van der Waals surface area contributed by atoms with Gasteiger partial charge in [0.2, 0.25) is 17.7 Å². The second-order valence-corrected chi connectivity index (χ2v) is 9.80. The Hall–Kier alpha value is -4.69. The molecule has 5 unspecified atom stereocenters. The molecule has 5 atom stereocenters. The monoisotopic (exact) mass is 585 g/mol. The van der Waals surface area contributed by atoms with Gasteiger partial charge in [-0.2, -0.15) is 0 Å². The van der Waals surface area contributed by atoms with Gasteiger partial charge in [-0.05, 0) is 43.0 Å². The highest BCUT2D eigenvalue weighted by Crippen LogP contribution is 2.13. The Morgan fingerprint density at radius 2 is 1.36 bits per heavy atom. The minimum absolute atomic E-state index is 0.0101. The van der Waals surface area contributed by atoms with Crippen molar-refractivity contribution in [1.82, 2.24) is 16.0 Å². The third-order valence-corrected chi connectivity index (χ3v) is 6.28. The number of aliphatic imine (C=N–C) groups is 1. The van der Waals surface area contributed by atoms with Crippen LogP contribution in [0.5, 0.6) is 5.75 Å². The van der Waals surface area contributed by atoms with Crippen molar-refractivity contribution in [2.75, 3.05) is 6.54 Å². The number of nitrogens with two attached hydrogens (primary N) is 3. The number of guanidine groups is 1. The van der Waals surface area contributed by atoms with E-state index in [9.17, 15) is 34.5 Å². The average molecular weight is 586 g/mol. The van der Waals surface area contributed by atoms with Crippen LogP contribution < -0.4 is 33.2 Å². The molecule has 0 saturated carbocycles. The van der Waals surface area contributed by atoms with Gasteiger partial charge >= 0.3 is 5.97 Å². The standard InChI is InChI=1S/C28H39N7O7/c1-16(36)23(27(41)42)35-26(40)22(15-18-9-11-19(37)12-10-18)34-25(39)21(14-17-6-3-2-4-7-17)33-24(38)20(29)8-5-13-32-28(30)31/h2-4,6-7,9-12,16,20-23,36-37H,5,8,13-15,29H2,1H3,(H,33,38)(H,34,39)(H,35,40)(H,41,42)(H4,30,31,32). The van der Waals surface area contributed by atoms with E-state index >= 15 is 0 Å². The molecule has 0 fully saturated rings. The second kappa shape index (κ2) is 16.5. The molecule has 0 aliphatic heterocycles. The molecule has 12 N–H and O–H groups in total. The van der Waals surface area contributed by atoms with Crippen LogP contribution in [0, 0.1) is 0 Å². The van der Waals surface area contributed by atoms with Crippen LogP contribution in [-0.2, 0) is 32.0 Å². The number of hydrogen-bond acceptors (Lipinski definition) is 8. The molecule has 42 heavy (non-hydrogen) atoms. The molecule has 0 aliphatic rings. The average Bonchev–Trinajstić information content (AvgIpc) is 2.94. The molecule has 0 heterocycles. The molecule has 0 bridgehead atoms. The number of carbonyl (C=O) groups is 4. The van der Waals surface area contributed by atoms with Gasteiger partial charge < -0.3 is 48.5 Å². The fourth-order valence-corrected chi connectivity index (χ4v) is 3.98. The lowest BCUT2D eigenvalue weighted by Crippen LogP contribution is -2.59. The number of aliphatic hydroxyl groups excluding tert-OH is 1. The Morgan fingerprint density at radius 3 is 1.88 bits per heavy atom. The zero-order chi connectivity index (χ0) is 31.2. The van der Waals surface area contributed by atoms with Gasteiger partial charge in [0.1, 0.15) is 17.8 Å². The zero-order valence-electron chi connectivity index (χ0n) is 23.3. The number of phenolic OH excluding ortho intramolecular Hbond substituents is 1. The fraction of sp³-hybridized carbons (Fsp3) is 0.393. The molecule has 0 aromatic heterocycles. The summed E-state index contributed by atoms with van der Waals surface area (Å²) >= 11 is 0. The molecular formula is C28H39N7O7. The highest BCUT2D eigenvalue weighted by atomic mass is 16.4. The Balaban J connectivity index is 2.27. The number of hydrogen-bond donors (Lipinski definition) is 9. The lowest BCUT2D eigenvalue weighted by molar-refractivity contribution is -0.145. The lowest BCUT2D eigenvalue weighted by Gasteiger charge is -2.26. The van der Waals surface area contributed by atoms with E-state index in [1.165, 1.54) is 31.2 Å². The number of amides is 3. The summed E-state index contributed by atoms with van der Waals surface area (Å²) in [4.78, 5) is 55.1. The van der Waals surface area contributed by atoms with Gasteiger partial charge in [0.15, 0.2) is 12.0 Å². The van der Waals surface area contributed by atoms with Gasteiger partial charge in [-0.3, -0.25) is 19.4 Å². The number of aliphatic carboxylic acids is 1. The molecule has 228 valence electrons. The van der Waals surface area contributed by atoms with Crippen molar-refractivity contribution in [2.45, 2.75) is 62.9 Å².